The number of carbonyl (C=O) groups is 1. The molecule has 0 spiro atoms. The van der Waals surface area contributed by atoms with E-state index in [9.17, 15) is 9.90 Å². The predicted molar refractivity (Wildman–Crippen MR) is 48.6 cm³/mol. The maximum atomic E-state index is 10.4. The van der Waals surface area contributed by atoms with E-state index in [2.05, 4.69) is 0 Å². The van der Waals surface area contributed by atoms with E-state index in [0.29, 0.717) is 5.75 Å². The van der Waals surface area contributed by atoms with E-state index in [4.69, 9.17) is 5.11 Å². The molecule has 0 aromatic heterocycles. The lowest BCUT2D eigenvalue weighted by Gasteiger charge is -2.03. The van der Waals surface area contributed by atoms with E-state index in [-0.39, 0.29) is 12.2 Å². The zero-order valence-corrected chi connectivity index (χ0v) is 7.71. The summed E-state index contributed by atoms with van der Waals surface area (Å²) in [7, 11) is 0. The zero-order valence-electron chi connectivity index (χ0n) is 6.90. The van der Waals surface area contributed by atoms with Gasteiger partial charge in [0.2, 0.25) is 0 Å². The van der Waals surface area contributed by atoms with Gasteiger partial charge in [0.05, 0.1) is 12.6 Å². The predicted octanol–water partition coefficient (Wildman–Crippen LogP) is 0.134. The van der Waals surface area contributed by atoms with Gasteiger partial charge in [-0.05, 0) is 17.7 Å². The molecule has 1 aromatic rings. The van der Waals surface area contributed by atoms with Crippen LogP contribution in [-0.4, -0.2) is 23.4 Å². The number of carboxylic acid groups (broad SMARTS) is 1. The molecule has 0 saturated heterocycles. The van der Waals surface area contributed by atoms with Crippen molar-refractivity contribution >= 4 is 17.7 Å². The fourth-order valence-corrected chi connectivity index (χ4v) is 1.51. The van der Waals surface area contributed by atoms with E-state index in [1.807, 2.05) is 0 Å². The van der Waals surface area contributed by atoms with Crippen molar-refractivity contribution in [3.05, 3.63) is 29.8 Å². The number of hydrogen-bond donors (Lipinski definition) is 1. The first-order valence-corrected chi connectivity index (χ1v) is 4.77. The van der Waals surface area contributed by atoms with Crippen molar-refractivity contribution in [2.75, 3.05) is 12.4 Å². The molecule has 3 nitrogen and oxygen atoms in total. The summed E-state index contributed by atoms with van der Waals surface area (Å²) >= 11 is 1.48. The first kappa shape index (κ1) is 10.1. The van der Waals surface area contributed by atoms with Crippen LogP contribution in [0.5, 0.6) is 0 Å². The van der Waals surface area contributed by atoms with E-state index in [1.165, 1.54) is 23.9 Å². The van der Waals surface area contributed by atoms with Gasteiger partial charge in [-0.2, -0.15) is 0 Å². The molecule has 0 amide bonds. The normalized spacial score (nSPS) is 9.92. The third kappa shape index (κ3) is 3.08. The van der Waals surface area contributed by atoms with Gasteiger partial charge in [0.1, 0.15) is 0 Å². The van der Waals surface area contributed by atoms with Crippen LogP contribution >= 0.6 is 11.8 Å². The second-order valence-corrected chi connectivity index (χ2v) is 3.55. The molecule has 1 aromatic carbocycles. The molecule has 0 saturated carbocycles. The quantitative estimate of drug-likeness (QED) is 0.697. The molecule has 0 radical (unpaired) electrons. The number of aliphatic hydroxyl groups is 1. The van der Waals surface area contributed by atoms with Gasteiger partial charge in [-0.3, -0.25) is 0 Å². The minimum absolute atomic E-state index is 0.118. The van der Waals surface area contributed by atoms with Crippen LogP contribution in [0.2, 0.25) is 0 Å². The zero-order chi connectivity index (χ0) is 9.68. The van der Waals surface area contributed by atoms with Crippen LogP contribution in [0.4, 0.5) is 0 Å². The largest absolute Gasteiger partial charge is 0.545 e. The lowest BCUT2D eigenvalue weighted by molar-refractivity contribution is -0.255. The summed E-state index contributed by atoms with van der Waals surface area (Å²) in [6.07, 6.45) is 0. The fourth-order valence-electron chi connectivity index (χ4n) is 0.851. The molecule has 0 bridgehead atoms. The lowest BCUT2D eigenvalue weighted by atomic mass is 10.2. The summed E-state index contributed by atoms with van der Waals surface area (Å²) in [5.41, 5.74) is 0.174. The van der Waals surface area contributed by atoms with Crippen LogP contribution in [-0.2, 0) is 0 Å². The molecular weight excluding hydrogens is 188 g/mol. The first-order valence-electron chi connectivity index (χ1n) is 3.79. The van der Waals surface area contributed by atoms with Crippen molar-refractivity contribution in [2.45, 2.75) is 4.90 Å². The molecule has 0 atom stereocenters. The molecule has 0 heterocycles. The monoisotopic (exact) mass is 197 g/mol. The van der Waals surface area contributed by atoms with Crippen molar-refractivity contribution in [2.24, 2.45) is 0 Å². The van der Waals surface area contributed by atoms with Gasteiger partial charge in [0.25, 0.3) is 0 Å². The standard InChI is InChI=1S/C9H10O3S/c10-5-6-13-8-3-1-7(2-4-8)9(11)12/h1-4,10H,5-6H2,(H,11,12)/p-1. The minimum atomic E-state index is -1.17. The van der Waals surface area contributed by atoms with Crippen LogP contribution in [0.25, 0.3) is 0 Å². The fraction of sp³-hybridized carbons (Fsp3) is 0.222. The molecule has 13 heavy (non-hydrogen) atoms. The molecular formula is C9H9O3S-. The summed E-state index contributed by atoms with van der Waals surface area (Å²) in [6, 6.07) is 6.39. The minimum Gasteiger partial charge on any atom is -0.545 e. The molecule has 0 aliphatic heterocycles. The summed E-state index contributed by atoms with van der Waals surface area (Å²) in [5, 5.41) is 18.9. The summed E-state index contributed by atoms with van der Waals surface area (Å²) in [4.78, 5) is 11.3. The Morgan fingerprint density at radius 3 is 2.46 bits per heavy atom. The van der Waals surface area contributed by atoms with Crippen molar-refractivity contribution in [1.82, 2.24) is 0 Å². The maximum Gasteiger partial charge on any atom is 0.0715 e. The van der Waals surface area contributed by atoms with Crippen molar-refractivity contribution in [1.29, 1.82) is 0 Å². The van der Waals surface area contributed by atoms with Gasteiger partial charge in [-0.1, -0.05) is 12.1 Å². The SMILES string of the molecule is O=C([O-])c1ccc(SCCO)cc1. The third-order valence-corrected chi connectivity index (χ3v) is 2.44. The van der Waals surface area contributed by atoms with Gasteiger partial charge in [-0.15, -0.1) is 11.8 Å². The molecule has 4 heteroatoms. The Kier molecular flexibility index (Phi) is 3.79. The Hall–Kier alpha value is -1.00. The highest BCUT2D eigenvalue weighted by Crippen LogP contribution is 2.17. The highest BCUT2D eigenvalue weighted by molar-refractivity contribution is 7.99. The number of rotatable bonds is 4. The molecule has 70 valence electrons. The molecule has 0 aliphatic rings. The average Bonchev–Trinajstić information content (AvgIpc) is 2.15. The van der Waals surface area contributed by atoms with Gasteiger partial charge in [0.15, 0.2) is 0 Å². The van der Waals surface area contributed by atoms with Crippen LogP contribution in [0, 0.1) is 0 Å². The topological polar surface area (TPSA) is 60.4 Å². The van der Waals surface area contributed by atoms with E-state index < -0.39 is 5.97 Å². The average molecular weight is 197 g/mol. The number of aromatic carboxylic acids is 1. The van der Waals surface area contributed by atoms with E-state index >= 15 is 0 Å². The van der Waals surface area contributed by atoms with E-state index in [1.54, 1.807) is 12.1 Å². The Bertz CT molecular complexity index is 281. The Labute approximate surface area is 80.4 Å². The number of benzene rings is 1. The number of hydrogen-bond acceptors (Lipinski definition) is 4. The van der Waals surface area contributed by atoms with Crippen LogP contribution in [0.15, 0.2) is 29.2 Å². The van der Waals surface area contributed by atoms with Crippen LogP contribution < -0.4 is 5.11 Å². The highest BCUT2D eigenvalue weighted by Gasteiger charge is 1.95. The molecule has 1 rings (SSSR count). The maximum absolute atomic E-state index is 10.4. The molecule has 0 unspecified atom stereocenters. The lowest BCUT2D eigenvalue weighted by Crippen LogP contribution is -2.21. The highest BCUT2D eigenvalue weighted by atomic mass is 32.2. The van der Waals surface area contributed by atoms with Crippen molar-refractivity contribution < 1.29 is 15.0 Å². The van der Waals surface area contributed by atoms with Gasteiger partial charge < -0.3 is 15.0 Å². The third-order valence-electron chi connectivity index (χ3n) is 1.45. The van der Waals surface area contributed by atoms with Crippen LogP contribution in [0.1, 0.15) is 10.4 Å². The van der Waals surface area contributed by atoms with Gasteiger partial charge in [-0.25, -0.2) is 0 Å². The number of carboxylic acids is 1. The Morgan fingerprint density at radius 1 is 1.38 bits per heavy atom. The van der Waals surface area contributed by atoms with Crippen LogP contribution in [0.3, 0.4) is 0 Å². The van der Waals surface area contributed by atoms with E-state index in [0.717, 1.165) is 4.90 Å². The second kappa shape index (κ2) is 4.89. The molecule has 0 aliphatic carbocycles. The Morgan fingerprint density at radius 2 is 2.00 bits per heavy atom. The molecule has 0 fully saturated rings. The Balaban J connectivity index is 2.64. The van der Waals surface area contributed by atoms with Crippen molar-refractivity contribution in [3.8, 4) is 0 Å². The summed E-state index contributed by atoms with van der Waals surface area (Å²) in [5.74, 6) is -0.552. The second-order valence-electron chi connectivity index (χ2n) is 2.38. The summed E-state index contributed by atoms with van der Waals surface area (Å²) in [6.45, 7) is 0.118. The number of thioether (sulfide) groups is 1. The molecule has 1 N–H and O–H groups in total. The smallest absolute Gasteiger partial charge is 0.0715 e. The van der Waals surface area contributed by atoms with Gasteiger partial charge >= 0.3 is 0 Å². The van der Waals surface area contributed by atoms with Gasteiger partial charge in [0, 0.05) is 10.6 Å². The summed E-state index contributed by atoms with van der Waals surface area (Å²) < 4.78 is 0. The first-order chi connectivity index (χ1) is 6.24. The number of aliphatic hydroxyl groups excluding tert-OH is 1. The van der Waals surface area contributed by atoms with Crippen molar-refractivity contribution in [3.63, 3.8) is 0 Å². The number of carbonyl (C=O) groups excluding carboxylic acids is 1.